The SMILES string of the molecule is CCC1(Cn2cc(C(=O)N3CCSC(C)(C)[C@@H]3CO)nn2)COC1. The van der Waals surface area contributed by atoms with E-state index in [9.17, 15) is 9.90 Å². The Morgan fingerprint density at radius 1 is 1.50 bits per heavy atom. The first kappa shape index (κ1) is 17.7. The zero-order chi connectivity index (χ0) is 17.4. The third-order valence-electron chi connectivity index (χ3n) is 5.24. The Morgan fingerprint density at radius 3 is 2.83 bits per heavy atom. The van der Waals surface area contributed by atoms with Gasteiger partial charge in [-0.25, -0.2) is 0 Å². The predicted octanol–water partition coefficient (Wildman–Crippen LogP) is 1.03. The highest BCUT2D eigenvalue weighted by molar-refractivity contribution is 8.00. The molecule has 1 atom stereocenters. The molecule has 0 radical (unpaired) electrons. The van der Waals surface area contributed by atoms with Crippen molar-refractivity contribution in [2.24, 2.45) is 5.41 Å². The second-order valence-electron chi connectivity index (χ2n) is 7.30. The maximum absolute atomic E-state index is 12.9. The van der Waals surface area contributed by atoms with Crippen LogP contribution in [0, 0.1) is 5.41 Å². The fourth-order valence-electron chi connectivity index (χ4n) is 3.36. The lowest BCUT2D eigenvalue weighted by Crippen LogP contribution is -2.56. The average molecular weight is 354 g/mol. The minimum Gasteiger partial charge on any atom is -0.394 e. The molecule has 0 spiro atoms. The number of thioether (sulfide) groups is 1. The molecule has 0 aliphatic carbocycles. The van der Waals surface area contributed by atoms with E-state index in [4.69, 9.17) is 4.74 Å². The summed E-state index contributed by atoms with van der Waals surface area (Å²) in [6.07, 6.45) is 2.74. The smallest absolute Gasteiger partial charge is 0.276 e. The Kier molecular flexibility index (Phi) is 4.90. The first-order valence-corrected chi connectivity index (χ1v) is 9.43. The van der Waals surface area contributed by atoms with Crippen molar-refractivity contribution in [1.82, 2.24) is 19.9 Å². The summed E-state index contributed by atoms with van der Waals surface area (Å²) in [6.45, 7) is 9.04. The fourth-order valence-corrected chi connectivity index (χ4v) is 4.57. The molecule has 1 aromatic heterocycles. The normalized spacial score (nSPS) is 25.3. The highest BCUT2D eigenvalue weighted by Crippen LogP contribution is 2.36. The molecule has 2 saturated heterocycles. The number of carbonyl (C=O) groups excluding carboxylic acids is 1. The molecule has 0 bridgehead atoms. The van der Waals surface area contributed by atoms with Crippen molar-refractivity contribution in [3.8, 4) is 0 Å². The van der Waals surface area contributed by atoms with Crippen molar-refractivity contribution in [3.63, 3.8) is 0 Å². The number of carbonyl (C=O) groups is 1. The number of aliphatic hydroxyl groups is 1. The average Bonchev–Trinajstić information content (AvgIpc) is 2.97. The third-order valence-corrected chi connectivity index (χ3v) is 6.64. The van der Waals surface area contributed by atoms with Crippen LogP contribution in [-0.2, 0) is 11.3 Å². The summed E-state index contributed by atoms with van der Waals surface area (Å²) in [5.74, 6) is 0.712. The molecule has 2 aliphatic heterocycles. The van der Waals surface area contributed by atoms with Crippen molar-refractivity contribution >= 4 is 17.7 Å². The molecule has 7 nitrogen and oxygen atoms in total. The summed E-state index contributed by atoms with van der Waals surface area (Å²) in [7, 11) is 0. The lowest BCUT2D eigenvalue weighted by molar-refractivity contribution is -0.125. The second-order valence-corrected chi connectivity index (χ2v) is 9.05. The summed E-state index contributed by atoms with van der Waals surface area (Å²) in [5.41, 5.74) is 0.466. The molecule has 2 aliphatic rings. The third kappa shape index (κ3) is 3.19. The van der Waals surface area contributed by atoms with Gasteiger partial charge in [0.25, 0.3) is 5.91 Å². The Balaban J connectivity index is 1.73. The Labute approximate surface area is 146 Å². The van der Waals surface area contributed by atoms with Gasteiger partial charge in [-0.2, -0.15) is 11.8 Å². The van der Waals surface area contributed by atoms with Gasteiger partial charge in [-0.1, -0.05) is 12.1 Å². The minimum atomic E-state index is -0.212. The molecule has 0 unspecified atom stereocenters. The van der Waals surface area contributed by atoms with Crippen LogP contribution in [-0.4, -0.2) is 73.8 Å². The monoisotopic (exact) mass is 354 g/mol. The van der Waals surface area contributed by atoms with Crippen LogP contribution in [0.15, 0.2) is 6.20 Å². The van der Waals surface area contributed by atoms with Gasteiger partial charge in [0.1, 0.15) is 0 Å². The molecule has 134 valence electrons. The van der Waals surface area contributed by atoms with E-state index < -0.39 is 0 Å². The minimum absolute atomic E-state index is 0.0455. The van der Waals surface area contributed by atoms with Crippen molar-refractivity contribution in [2.45, 2.75) is 44.5 Å². The van der Waals surface area contributed by atoms with Crippen LogP contribution in [0.4, 0.5) is 0 Å². The Hall–Kier alpha value is -1.12. The number of hydrogen-bond acceptors (Lipinski definition) is 6. The molecule has 3 rings (SSSR count). The number of ether oxygens (including phenoxy) is 1. The van der Waals surface area contributed by atoms with Crippen LogP contribution in [0.1, 0.15) is 37.7 Å². The van der Waals surface area contributed by atoms with Crippen molar-refractivity contribution in [2.75, 3.05) is 32.1 Å². The summed E-state index contributed by atoms with van der Waals surface area (Å²) < 4.78 is 6.91. The number of aromatic nitrogens is 3. The molecular formula is C16H26N4O3S. The molecule has 1 N–H and O–H groups in total. The first-order chi connectivity index (χ1) is 11.4. The van der Waals surface area contributed by atoms with Gasteiger partial charge in [-0.05, 0) is 20.3 Å². The van der Waals surface area contributed by atoms with E-state index in [2.05, 4.69) is 31.1 Å². The van der Waals surface area contributed by atoms with Crippen LogP contribution in [0.3, 0.4) is 0 Å². The highest BCUT2D eigenvalue weighted by atomic mass is 32.2. The van der Waals surface area contributed by atoms with Gasteiger partial charge in [0, 0.05) is 22.5 Å². The van der Waals surface area contributed by atoms with Crippen LogP contribution in [0.2, 0.25) is 0 Å². The van der Waals surface area contributed by atoms with Crippen LogP contribution in [0.5, 0.6) is 0 Å². The lowest BCUT2D eigenvalue weighted by Gasteiger charge is -2.44. The van der Waals surface area contributed by atoms with Gasteiger partial charge in [0.2, 0.25) is 0 Å². The zero-order valence-corrected chi connectivity index (χ0v) is 15.4. The van der Waals surface area contributed by atoms with E-state index >= 15 is 0 Å². The lowest BCUT2D eigenvalue weighted by atomic mass is 9.83. The van der Waals surface area contributed by atoms with Crippen molar-refractivity contribution in [3.05, 3.63) is 11.9 Å². The number of nitrogens with zero attached hydrogens (tertiary/aromatic N) is 4. The molecule has 0 saturated carbocycles. The van der Waals surface area contributed by atoms with Gasteiger partial charge in [-0.15, -0.1) is 5.10 Å². The standard InChI is InChI=1S/C16H26N4O3S/c1-4-16(10-23-11-16)9-19-7-12(17-18-19)14(22)20-5-6-24-15(2,3)13(20)8-21/h7,13,21H,4-6,8-11H2,1-3H3/t13-/m0/s1. The zero-order valence-electron chi connectivity index (χ0n) is 14.6. The maximum atomic E-state index is 12.9. The largest absolute Gasteiger partial charge is 0.394 e. The van der Waals surface area contributed by atoms with E-state index in [-0.39, 0.29) is 28.7 Å². The molecule has 0 aromatic carbocycles. The number of hydrogen-bond donors (Lipinski definition) is 1. The van der Waals surface area contributed by atoms with E-state index in [1.165, 1.54) is 0 Å². The number of aliphatic hydroxyl groups excluding tert-OH is 1. The van der Waals surface area contributed by atoms with Crippen molar-refractivity contribution in [1.29, 1.82) is 0 Å². The Morgan fingerprint density at radius 2 is 2.25 bits per heavy atom. The summed E-state index contributed by atoms with van der Waals surface area (Å²) in [6, 6.07) is -0.212. The quantitative estimate of drug-likeness (QED) is 0.851. The van der Waals surface area contributed by atoms with E-state index in [1.807, 2.05) is 0 Å². The maximum Gasteiger partial charge on any atom is 0.276 e. The number of rotatable bonds is 5. The summed E-state index contributed by atoms with van der Waals surface area (Å²) in [4.78, 5) is 14.6. The molecule has 8 heteroatoms. The number of amides is 1. The summed E-state index contributed by atoms with van der Waals surface area (Å²) >= 11 is 1.79. The molecule has 1 aromatic rings. The van der Waals surface area contributed by atoms with Gasteiger partial charge in [0.15, 0.2) is 5.69 Å². The van der Waals surface area contributed by atoms with E-state index in [0.717, 1.165) is 25.4 Å². The molecule has 3 heterocycles. The molecule has 24 heavy (non-hydrogen) atoms. The van der Waals surface area contributed by atoms with E-state index in [1.54, 1.807) is 27.5 Å². The topological polar surface area (TPSA) is 80.5 Å². The second kappa shape index (κ2) is 6.65. The van der Waals surface area contributed by atoms with Crippen LogP contribution >= 0.6 is 11.8 Å². The van der Waals surface area contributed by atoms with Crippen molar-refractivity contribution < 1.29 is 14.6 Å². The van der Waals surface area contributed by atoms with Gasteiger partial charge in [0.05, 0.1) is 38.6 Å². The molecular weight excluding hydrogens is 328 g/mol. The molecule has 2 fully saturated rings. The predicted molar refractivity (Wildman–Crippen MR) is 92.0 cm³/mol. The van der Waals surface area contributed by atoms with Gasteiger partial charge in [-0.3, -0.25) is 9.48 Å². The van der Waals surface area contributed by atoms with Crippen LogP contribution in [0.25, 0.3) is 0 Å². The first-order valence-electron chi connectivity index (χ1n) is 8.44. The van der Waals surface area contributed by atoms with Crippen LogP contribution < -0.4 is 0 Å². The van der Waals surface area contributed by atoms with Gasteiger partial charge < -0.3 is 14.7 Å². The fraction of sp³-hybridized carbons (Fsp3) is 0.812. The van der Waals surface area contributed by atoms with Gasteiger partial charge >= 0.3 is 0 Å². The highest BCUT2D eigenvalue weighted by Gasteiger charge is 2.41. The van der Waals surface area contributed by atoms with E-state index in [0.29, 0.717) is 18.8 Å². The molecule has 1 amide bonds. The summed E-state index contributed by atoms with van der Waals surface area (Å²) in [5, 5.41) is 18.0. The Bertz CT molecular complexity index is 594.